The van der Waals surface area contributed by atoms with Crippen molar-refractivity contribution >= 4 is 11.6 Å². The standard InChI is InChI=1S/C21H18FN5O2/c1-2-14-3-9-17(10-4-14)24-19(28)12-27-11-18(23-13-27)20-25-21(29-26-20)15-5-7-16(22)8-6-15/h3-11,13H,2,12H2,1H3,(H,24,28). The lowest BCUT2D eigenvalue weighted by atomic mass is 10.1. The molecule has 8 heteroatoms. The summed E-state index contributed by atoms with van der Waals surface area (Å²) in [4.78, 5) is 20.8. The first-order valence-electron chi connectivity index (χ1n) is 9.11. The van der Waals surface area contributed by atoms with Gasteiger partial charge in [0.25, 0.3) is 5.89 Å². The molecule has 2 heterocycles. The van der Waals surface area contributed by atoms with Crippen LogP contribution in [0.2, 0.25) is 0 Å². The van der Waals surface area contributed by atoms with E-state index in [0.29, 0.717) is 17.1 Å². The van der Waals surface area contributed by atoms with Crippen molar-refractivity contribution in [2.75, 3.05) is 5.32 Å². The molecule has 1 amide bonds. The Morgan fingerprint density at radius 1 is 1.14 bits per heavy atom. The Morgan fingerprint density at radius 2 is 1.90 bits per heavy atom. The maximum absolute atomic E-state index is 13.0. The molecule has 2 aromatic carbocycles. The van der Waals surface area contributed by atoms with Crippen LogP contribution in [0.1, 0.15) is 12.5 Å². The zero-order valence-corrected chi connectivity index (χ0v) is 15.7. The van der Waals surface area contributed by atoms with E-state index in [1.54, 1.807) is 22.9 Å². The lowest BCUT2D eigenvalue weighted by Gasteiger charge is -2.06. The third-order valence-corrected chi connectivity index (χ3v) is 4.35. The fourth-order valence-electron chi connectivity index (χ4n) is 2.79. The predicted octanol–water partition coefficient (Wildman–Crippen LogP) is 3.94. The van der Waals surface area contributed by atoms with Gasteiger partial charge >= 0.3 is 0 Å². The van der Waals surface area contributed by atoms with Gasteiger partial charge in [0.2, 0.25) is 11.7 Å². The molecular formula is C21H18FN5O2. The molecule has 0 bridgehead atoms. The first-order valence-corrected chi connectivity index (χ1v) is 9.11. The molecule has 0 saturated carbocycles. The molecule has 0 spiro atoms. The summed E-state index contributed by atoms with van der Waals surface area (Å²) in [6.45, 7) is 2.18. The number of nitrogens with zero attached hydrogens (tertiary/aromatic N) is 4. The highest BCUT2D eigenvalue weighted by molar-refractivity contribution is 5.90. The largest absolute Gasteiger partial charge is 0.334 e. The number of amides is 1. The van der Waals surface area contributed by atoms with Gasteiger partial charge in [-0.3, -0.25) is 4.79 Å². The van der Waals surface area contributed by atoms with Crippen LogP contribution in [0.15, 0.2) is 65.6 Å². The fraction of sp³-hybridized carbons (Fsp3) is 0.143. The van der Waals surface area contributed by atoms with E-state index in [9.17, 15) is 9.18 Å². The Balaban J connectivity index is 1.41. The quantitative estimate of drug-likeness (QED) is 0.538. The van der Waals surface area contributed by atoms with Gasteiger partial charge in [-0.05, 0) is 48.4 Å². The topological polar surface area (TPSA) is 85.8 Å². The van der Waals surface area contributed by atoms with Gasteiger partial charge in [0.05, 0.1) is 6.33 Å². The molecule has 4 rings (SSSR count). The average molecular weight is 391 g/mol. The second-order valence-electron chi connectivity index (χ2n) is 6.46. The Hall–Kier alpha value is -3.81. The molecule has 0 radical (unpaired) electrons. The summed E-state index contributed by atoms with van der Waals surface area (Å²) < 4.78 is 19.9. The van der Waals surface area contributed by atoms with Crippen LogP contribution in [0.25, 0.3) is 23.0 Å². The maximum Gasteiger partial charge on any atom is 0.258 e. The third-order valence-electron chi connectivity index (χ3n) is 4.35. The van der Waals surface area contributed by atoms with E-state index in [4.69, 9.17) is 4.52 Å². The Morgan fingerprint density at radius 3 is 2.62 bits per heavy atom. The summed E-state index contributed by atoms with van der Waals surface area (Å²) in [6.07, 6.45) is 4.15. The van der Waals surface area contributed by atoms with E-state index >= 15 is 0 Å². The molecule has 146 valence electrons. The number of carbonyl (C=O) groups is 1. The molecule has 0 aliphatic heterocycles. The Kier molecular flexibility index (Phi) is 5.15. The van der Waals surface area contributed by atoms with Crippen molar-refractivity contribution in [3.8, 4) is 23.0 Å². The van der Waals surface area contributed by atoms with Gasteiger partial charge < -0.3 is 14.4 Å². The number of nitrogens with one attached hydrogen (secondary N) is 1. The molecular weight excluding hydrogens is 373 g/mol. The van der Waals surface area contributed by atoms with Gasteiger partial charge in [-0.2, -0.15) is 4.98 Å². The Bertz CT molecular complexity index is 1120. The lowest BCUT2D eigenvalue weighted by molar-refractivity contribution is -0.116. The van der Waals surface area contributed by atoms with Crippen molar-refractivity contribution in [1.29, 1.82) is 0 Å². The minimum absolute atomic E-state index is 0.102. The first kappa shape index (κ1) is 18.5. The predicted molar refractivity (Wildman–Crippen MR) is 105 cm³/mol. The SMILES string of the molecule is CCc1ccc(NC(=O)Cn2cnc(-c3noc(-c4ccc(F)cc4)n3)c2)cc1. The van der Waals surface area contributed by atoms with E-state index in [1.165, 1.54) is 24.0 Å². The van der Waals surface area contributed by atoms with E-state index < -0.39 is 0 Å². The summed E-state index contributed by atoms with van der Waals surface area (Å²) in [5.74, 6) is 0.0478. The molecule has 0 fully saturated rings. The minimum Gasteiger partial charge on any atom is -0.334 e. The second kappa shape index (κ2) is 8.05. The molecule has 0 aliphatic rings. The van der Waals surface area contributed by atoms with Crippen LogP contribution in [-0.4, -0.2) is 25.6 Å². The van der Waals surface area contributed by atoms with Crippen molar-refractivity contribution in [2.24, 2.45) is 0 Å². The van der Waals surface area contributed by atoms with Crippen LogP contribution in [-0.2, 0) is 17.8 Å². The molecule has 2 aromatic heterocycles. The number of benzene rings is 2. The van der Waals surface area contributed by atoms with E-state index in [2.05, 4.69) is 27.4 Å². The van der Waals surface area contributed by atoms with Gasteiger partial charge in [-0.25, -0.2) is 9.37 Å². The van der Waals surface area contributed by atoms with Crippen LogP contribution in [0.5, 0.6) is 0 Å². The van der Waals surface area contributed by atoms with Crippen molar-refractivity contribution in [2.45, 2.75) is 19.9 Å². The molecule has 1 N–H and O–H groups in total. The van der Waals surface area contributed by atoms with Gasteiger partial charge in [0.1, 0.15) is 18.1 Å². The van der Waals surface area contributed by atoms with E-state index in [0.717, 1.165) is 12.1 Å². The number of carbonyl (C=O) groups excluding carboxylic acids is 1. The van der Waals surface area contributed by atoms with Crippen molar-refractivity contribution in [3.05, 3.63) is 72.4 Å². The number of imidazole rings is 1. The first-order chi connectivity index (χ1) is 14.1. The van der Waals surface area contributed by atoms with Gasteiger partial charge in [-0.1, -0.05) is 24.2 Å². The number of aromatic nitrogens is 4. The summed E-state index contributed by atoms with van der Waals surface area (Å²) in [6, 6.07) is 13.5. The normalized spacial score (nSPS) is 10.8. The van der Waals surface area contributed by atoms with Crippen molar-refractivity contribution in [3.63, 3.8) is 0 Å². The lowest BCUT2D eigenvalue weighted by Crippen LogP contribution is -2.17. The zero-order valence-electron chi connectivity index (χ0n) is 15.7. The van der Waals surface area contributed by atoms with E-state index in [-0.39, 0.29) is 24.2 Å². The van der Waals surface area contributed by atoms with Crippen molar-refractivity contribution < 1.29 is 13.7 Å². The number of rotatable bonds is 6. The molecule has 29 heavy (non-hydrogen) atoms. The monoisotopic (exact) mass is 391 g/mol. The van der Waals surface area contributed by atoms with Crippen LogP contribution >= 0.6 is 0 Å². The molecule has 4 aromatic rings. The van der Waals surface area contributed by atoms with Crippen molar-refractivity contribution in [1.82, 2.24) is 19.7 Å². The highest BCUT2D eigenvalue weighted by Crippen LogP contribution is 2.21. The smallest absolute Gasteiger partial charge is 0.258 e. The molecule has 7 nitrogen and oxygen atoms in total. The highest BCUT2D eigenvalue weighted by atomic mass is 19.1. The molecule has 0 atom stereocenters. The van der Waals surface area contributed by atoms with Crippen LogP contribution in [0.4, 0.5) is 10.1 Å². The average Bonchev–Trinajstić information content (AvgIpc) is 3.39. The number of hydrogen-bond acceptors (Lipinski definition) is 5. The second-order valence-corrected chi connectivity index (χ2v) is 6.46. The molecule has 0 saturated heterocycles. The van der Waals surface area contributed by atoms with Gasteiger partial charge in [-0.15, -0.1) is 0 Å². The van der Waals surface area contributed by atoms with Crippen LogP contribution in [0.3, 0.4) is 0 Å². The zero-order chi connectivity index (χ0) is 20.2. The third kappa shape index (κ3) is 4.37. The molecule has 0 aliphatic carbocycles. The van der Waals surface area contributed by atoms with Crippen LogP contribution in [0, 0.1) is 5.82 Å². The number of aryl methyl sites for hydroxylation is 1. The summed E-state index contributed by atoms with van der Waals surface area (Å²) in [5, 5.41) is 6.76. The number of anilines is 1. The number of halogens is 1. The summed E-state index contributed by atoms with van der Waals surface area (Å²) >= 11 is 0. The fourth-order valence-corrected chi connectivity index (χ4v) is 2.79. The van der Waals surface area contributed by atoms with Gasteiger partial charge in [0, 0.05) is 17.4 Å². The van der Waals surface area contributed by atoms with Crippen LogP contribution < -0.4 is 5.32 Å². The summed E-state index contributed by atoms with van der Waals surface area (Å²) in [5.41, 5.74) is 3.04. The van der Waals surface area contributed by atoms with E-state index in [1.807, 2.05) is 24.3 Å². The summed E-state index contributed by atoms with van der Waals surface area (Å²) in [7, 11) is 0. The van der Waals surface area contributed by atoms with Gasteiger partial charge in [0.15, 0.2) is 0 Å². The number of hydrogen-bond donors (Lipinski definition) is 1. The minimum atomic E-state index is -0.341. The highest BCUT2D eigenvalue weighted by Gasteiger charge is 2.14. The maximum atomic E-state index is 13.0. The molecule has 0 unspecified atom stereocenters. The Labute approximate surface area is 166 Å².